The smallest absolute Gasteiger partial charge is 0.227 e. The highest BCUT2D eigenvalue weighted by Crippen LogP contribution is 2.15. The van der Waals surface area contributed by atoms with Crippen molar-refractivity contribution in [3.8, 4) is 0 Å². The van der Waals surface area contributed by atoms with Crippen molar-refractivity contribution in [2.24, 2.45) is 7.05 Å². The first kappa shape index (κ1) is 17.3. The lowest BCUT2D eigenvalue weighted by Gasteiger charge is -2.35. The number of carbonyl (C=O) groups is 2. The van der Waals surface area contributed by atoms with Crippen molar-refractivity contribution >= 4 is 11.8 Å². The number of nitrogens with one attached hydrogen (secondary N) is 1. The minimum absolute atomic E-state index is 0.126. The number of hydrogen-bond donors (Lipinski definition) is 1. The predicted molar refractivity (Wildman–Crippen MR) is 96.2 cm³/mol. The van der Waals surface area contributed by atoms with E-state index in [1.807, 2.05) is 42.2 Å². The molecule has 0 saturated carbocycles. The van der Waals surface area contributed by atoms with Gasteiger partial charge in [0, 0.05) is 57.0 Å². The lowest BCUT2D eigenvalue weighted by molar-refractivity contribution is -0.138. The number of piperazine rings is 1. The van der Waals surface area contributed by atoms with Crippen LogP contribution in [0.5, 0.6) is 0 Å². The van der Waals surface area contributed by atoms with E-state index in [-0.39, 0.29) is 11.8 Å². The molecule has 6 heteroatoms. The number of H-pyrrole nitrogens is 1. The molecule has 6 nitrogen and oxygen atoms in total. The summed E-state index contributed by atoms with van der Waals surface area (Å²) in [5.41, 5.74) is 4.40. The molecule has 0 atom stereocenters. The Labute approximate surface area is 148 Å². The summed E-state index contributed by atoms with van der Waals surface area (Å²) in [4.78, 5) is 31.6. The molecule has 1 N–H and O–H groups in total. The average Bonchev–Trinajstić information content (AvgIpc) is 3.20. The second kappa shape index (κ2) is 7.17. The summed E-state index contributed by atoms with van der Waals surface area (Å²) in [6, 6.07) is 4.01. The molecule has 3 heterocycles. The summed E-state index contributed by atoms with van der Waals surface area (Å²) in [6.45, 7) is 6.55. The van der Waals surface area contributed by atoms with Gasteiger partial charge in [0.1, 0.15) is 0 Å². The van der Waals surface area contributed by atoms with Gasteiger partial charge in [0.2, 0.25) is 11.8 Å². The van der Waals surface area contributed by atoms with Crippen LogP contribution in [-0.2, 0) is 29.5 Å². The molecule has 1 aliphatic heterocycles. The van der Waals surface area contributed by atoms with E-state index in [9.17, 15) is 9.59 Å². The average molecular weight is 342 g/mol. The minimum Gasteiger partial charge on any atom is -0.367 e. The van der Waals surface area contributed by atoms with Gasteiger partial charge in [0.15, 0.2) is 0 Å². The van der Waals surface area contributed by atoms with E-state index in [1.54, 1.807) is 0 Å². The highest BCUT2D eigenvalue weighted by Gasteiger charge is 2.24. The minimum atomic E-state index is 0.126. The number of aryl methyl sites for hydroxylation is 1. The Hall–Kier alpha value is -2.50. The van der Waals surface area contributed by atoms with Gasteiger partial charge in [-0.15, -0.1) is 0 Å². The maximum atomic E-state index is 12.6. The van der Waals surface area contributed by atoms with Gasteiger partial charge in [-0.05, 0) is 37.1 Å². The molecular weight excluding hydrogens is 316 g/mol. The van der Waals surface area contributed by atoms with Crippen LogP contribution in [0.3, 0.4) is 0 Å². The van der Waals surface area contributed by atoms with Crippen molar-refractivity contribution in [2.75, 3.05) is 26.2 Å². The number of amides is 2. The predicted octanol–water partition coefficient (Wildman–Crippen LogP) is 1.43. The zero-order valence-electron chi connectivity index (χ0n) is 15.2. The Morgan fingerprint density at radius 3 is 2.12 bits per heavy atom. The number of aromatic amines is 1. The van der Waals surface area contributed by atoms with Gasteiger partial charge in [0.25, 0.3) is 0 Å². The monoisotopic (exact) mass is 342 g/mol. The van der Waals surface area contributed by atoms with Crippen molar-refractivity contribution in [1.82, 2.24) is 19.4 Å². The molecule has 1 fully saturated rings. The fraction of sp³-hybridized carbons (Fsp3) is 0.474. The van der Waals surface area contributed by atoms with Gasteiger partial charge in [-0.25, -0.2) is 0 Å². The Kier molecular flexibility index (Phi) is 4.97. The number of aromatic nitrogens is 2. The lowest BCUT2D eigenvalue weighted by Crippen LogP contribution is -2.51. The van der Waals surface area contributed by atoms with Crippen LogP contribution in [0, 0.1) is 13.8 Å². The third kappa shape index (κ3) is 3.78. The maximum Gasteiger partial charge on any atom is 0.227 e. The van der Waals surface area contributed by atoms with Crippen molar-refractivity contribution in [3.05, 3.63) is 47.0 Å². The summed E-state index contributed by atoms with van der Waals surface area (Å²) in [5, 5.41) is 0. The van der Waals surface area contributed by atoms with Gasteiger partial charge in [-0.1, -0.05) is 0 Å². The van der Waals surface area contributed by atoms with Gasteiger partial charge in [-0.2, -0.15) is 0 Å². The van der Waals surface area contributed by atoms with E-state index >= 15 is 0 Å². The second-order valence-corrected chi connectivity index (χ2v) is 6.79. The van der Waals surface area contributed by atoms with Crippen molar-refractivity contribution in [1.29, 1.82) is 0 Å². The molecule has 2 aromatic rings. The fourth-order valence-corrected chi connectivity index (χ4v) is 3.35. The first-order valence-corrected chi connectivity index (χ1v) is 8.74. The SMILES string of the molecule is Cc1cc(CC(=O)N2CCN(C(=O)Cc3cc[nH]c3)CC2)c(C)n1C. The number of nitrogens with zero attached hydrogens (tertiary/aromatic N) is 3. The normalized spacial score (nSPS) is 14.8. The van der Waals surface area contributed by atoms with E-state index in [0.717, 1.165) is 16.8 Å². The standard InChI is InChI=1S/C19H26N4O2/c1-14-10-17(15(2)21(14)3)12-19(25)23-8-6-22(7-9-23)18(24)11-16-4-5-20-13-16/h4-5,10,13,20H,6-9,11-12H2,1-3H3. The van der Waals surface area contributed by atoms with E-state index in [4.69, 9.17) is 0 Å². The molecule has 0 radical (unpaired) electrons. The van der Waals surface area contributed by atoms with Crippen molar-refractivity contribution in [2.45, 2.75) is 26.7 Å². The van der Waals surface area contributed by atoms with Gasteiger partial charge in [0.05, 0.1) is 12.8 Å². The maximum absolute atomic E-state index is 12.6. The molecule has 0 aromatic carbocycles. The molecule has 1 aliphatic rings. The highest BCUT2D eigenvalue weighted by atomic mass is 16.2. The zero-order chi connectivity index (χ0) is 18.0. The zero-order valence-corrected chi connectivity index (χ0v) is 15.2. The van der Waals surface area contributed by atoms with E-state index in [1.165, 1.54) is 5.69 Å². The van der Waals surface area contributed by atoms with Crippen LogP contribution in [0.15, 0.2) is 24.5 Å². The molecule has 134 valence electrons. The second-order valence-electron chi connectivity index (χ2n) is 6.79. The topological polar surface area (TPSA) is 61.3 Å². The molecule has 0 aliphatic carbocycles. The van der Waals surface area contributed by atoms with Crippen LogP contribution >= 0.6 is 0 Å². The van der Waals surface area contributed by atoms with E-state index < -0.39 is 0 Å². The summed E-state index contributed by atoms with van der Waals surface area (Å²) in [5.74, 6) is 0.271. The molecule has 0 spiro atoms. The van der Waals surface area contributed by atoms with Crippen LogP contribution in [0.25, 0.3) is 0 Å². The number of hydrogen-bond acceptors (Lipinski definition) is 2. The number of rotatable bonds is 4. The third-order valence-corrected chi connectivity index (χ3v) is 5.22. The van der Waals surface area contributed by atoms with E-state index in [0.29, 0.717) is 39.0 Å². The Balaban J connectivity index is 1.52. The van der Waals surface area contributed by atoms with Crippen LogP contribution in [0.1, 0.15) is 22.5 Å². The summed E-state index contributed by atoms with van der Waals surface area (Å²) in [7, 11) is 2.02. The van der Waals surface area contributed by atoms with Gasteiger partial charge in [-0.3, -0.25) is 9.59 Å². The van der Waals surface area contributed by atoms with Crippen LogP contribution < -0.4 is 0 Å². The molecule has 25 heavy (non-hydrogen) atoms. The number of carbonyl (C=O) groups excluding carboxylic acids is 2. The Morgan fingerprint density at radius 2 is 1.64 bits per heavy atom. The van der Waals surface area contributed by atoms with Crippen LogP contribution in [0.2, 0.25) is 0 Å². The lowest BCUT2D eigenvalue weighted by atomic mass is 10.1. The van der Waals surface area contributed by atoms with Gasteiger partial charge < -0.3 is 19.4 Å². The molecule has 2 amide bonds. The quantitative estimate of drug-likeness (QED) is 0.914. The summed E-state index contributed by atoms with van der Waals surface area (Å²) < 4.78 is 2.11. The molecule has 0 bridgehead atoms. The highest BCUT2D eigenvalue weighted by molar-refractivity contribution is 5.81. The van der Waals surface area contributed by atoms with Crippen LogP contribution in [0.4, 0.5) is 0 Å². The van der Waals surface area contributed by atoms with Gasteiger partial charge >= 0.3 is 0 Å². The first-order chi connectivity index (χ1) is 12.0. The Bertz CT molecular complexity index is 753. The summed E-state index contributed by atoms with van der Waals surface area (Å²) in [6.07, 6.45) is 4.53. The first-order valence-electron chi connectivity index (χ1n) is 8.74. The van der Waals surface area contributed by atoms with Crippen molar-refractivity contribution < 1.29 is 9.59 Å². The molecule has 0 unspecified atom stereocenters. The summed E-state index contributed by atoms with van der Waals surface area (Å²) >= 11 is 0. The third-order valence-electron chi connectivity index (χ3n) is 5.22. The van der Waals surface area contributed by atoms with Crippen molar-refractivity contribution in [3.63, 3.8) is 0 Å². The fourth-order valence-electron chi connectivity index (χ4n) is 3.35. The van der Waals surface area contributed by atoms with Crippen LogP contribution in [-0.4, -0.2) is 57.3 Å². The molecule has 3 rings (SSSR count). The largest absolute Gasteiger partial charge is 0.367 e. The van der Waals surface area contributed by atoms with E-state index in [2.05, 4.69) is 22.5 Å². The molecule has 2 aromatic heterocycles. The molecule has 1 saturated heterocycles. The Morgan fingerprint density at radius 1 is 1.04 bits per heavy atom. The molecular formula is C19H26N4O2.